The minimum atomic E-state index is 0.0538. The number of benzene rings is 2. The van der Waals surface area contributed by atoms with Crippen molar-refractivity contribution in [3.63, 3.8) is 0 Å². The van der Waals surface area contributed by atoms with E-state index in [2.05, 4.69) is 11.8 Å². The number of methoxy groups -OCH3 is 2. The van der Waals surface area contributed by atoms with Gasteiger partial charge in [0, 0.05) is 43.2 Å². The number of aromatic nitrogens is 1. The topological polar surface area (TPSA) is 54.9 Å². The smallest absolute Gasteiger partial charge is 0.254 e. The number of amides is 1. The predicted octanol–water partition coefficient (Wildman–Crippen LogP) is 3.70. The number of carbonyl (C=O) groups is 1. The van der Waals surface area contributed by atoms with E-state index in [-0.39, 0.29) is 5.91 Å². The molecule has 0 aliphatic carbocycles. The van der Waals surface area contributed by atoms with Crippen LogP contribution in [0.5, 0.6) is 11.5 Å². The lowest BCUT2D eigenvalue weighted by Crippen LogP contribution is -2.48. The summed E-state index contributed by atoms with van der Waals surface area (Å²) in [4.78, 5) is 22.6. The van der Waals surface area contributed by atoms with Gasteiger partial charge in [-0.3, -0.25) is 4.79 Å². The lowest BCUT2D eigenvalue weighted by molar-refractivity contribution is 0.0645. The summed E-state index contributed by atoms with van der Waals surface area (Å²) in [5.74, 6) is 1.42. The molecule has 1 aromatic heterocycles. The highest BCUT2D eigenvalue weighted by Crippen LogP contribution is 2.34. The minimum Gasteiger partial charge on any atom is -0.497 e. The average Bonchev–Trinajstić information content (AvgIpc) is 2.82. The first-order valence-corrected chi connectivity index (χ1v) is 10.3. The first-order chi connectivity index (χ1) is 14.6. The summed E-state index contributed by atoms with van der Waals surface area (Å²) in [5.41, 5.74) is 3.01. The number of rotatable bonds is 5. The van der Waals surface area contributed by atoms with Crippen LogP contribution in [0, 0.1) is 0 Å². The molecule has 1 amide bonds. The van der Waals surface area contributed by atoms with Crippen LogP contribution in [-0.2, 0) is 0 Å². The lowest BCUT2D eigenvalue weighted by Gasteiger charge is -2.34. The number of carbonyl (C=O) groups excluding carboxylic acids is 1. The van der Waals surface area contributed by atoms with Crippen molar-refractivity contribution in [2.24, 2.45) is 0 Å². The molecule has 3 aromatic rings. The number of ether oxygens (including phenoxy) is 2. The monoisotopic (exact) mass is 405 g/mol. The molecule has 1 fully saturated rings. The Bertz CT molecular complexity index is 1060. The molecule has 0 N–H and O–H groups in total. The fraction of sp³-hybridized carbons (Fsp3) is 0.333. The van der Waals surface area contributed by atoms with Crippen LogP contribution in [0.2, 0.25) is 0 Å². The minimum absolute atomic E-state index is 0.0538. The lowest BCUT2D eigenvalue weighted by atomic mass is 10.0. The van der Waals surface area contributed by atoms with Gasteiger partial charge in [-0.1, -0.05) is 25.1 Å². The normalized spacial score (nSPS) is 14.7. The Labute approximate surface area is 177 Å². The van der Waals surface area contributed by atoms with Crippen LogP contribution in [0.1, 0.15) is 17.3 Å². The third kappa shape index (κ3) is 3.83. The fourth-order valence-electron chi connectivity index (χ4n) is 3.94. The number of hydrogen-bond donors (Lipinski definition) is 0. The summed E-state index contributed by atoms with van der Waals surface area (Å²) in [7, 11) is 3.25. The molecule has 1 aliphatic heterocycles. The summed E-state index contributed by atoms with van der Waals surface area (Å²) in [5, 5.41) is 0.872. The number of fused-ring (bicyclic) bond motifs is 1. The van der Waals surface area contributed by atoms with Crippen LogP contribution in [0.15, 0.2) is 48.5 Å². The highest BCUT2D eigenvalue weighted by Gasteiger charge is 2.24. The Morgan fingerprint density at radius 1 is 1.00 bits per heavy atom. The van der Waals surface area contributed by atoms with Gasteiger partial charge in [0.15, 0.2) is 0 Å². The van der Waals surface area contributed by atoms with Gasteiger partial charge in [-0.15, -0.1) is 0 Å². The number of likely N-dealkylation sites (N-methyl/N-ethyl adjacent to an activating group) is 1. The van der Waals surface area contributed by atoms with E-state index in [1.807, 2.05) is 53.4 Å². The maximum Gasteiger partial charge on any atom is 0.254 e. The molecule has 0 radical (unpaired) electrons. The summed E-state index contributed by atoms with van der Waals surface area (Å²) in [6, 6.07) is 15.3. The Morgan fingerprint density at radius 2 is 1.77 bits per heavy atom. The van der Waals surface area contributed by atoms with Crippen LogP contribution >= 0.6 is 0 Å². The zero-order chi connectivity index (χ0) is 21.1. The Hall–Kier alpha value is -3.12. The number of nitrogens with zero attached hydrogens (tertiary/aromatic N) is 3. The highest BCUT2D eigenvalue weighted by molar-refractivity contribution is 6.07. The molecule has 0 spiro atoms. The van der Waals surface area contributed by atoms with Crippen LogP contribution < -0.4 is 9.47 Å². The van der Waals surface area contributed by atoms with E-state index in [0.717, 1.165) is 49.2 Å². The van der Waals surface area contributed by atoms with E-state index in [9.17, 15) is 4.79 Å². The fourth-order valence-corrected chi connectivity index (χ4v) is 3.94. The second kappa shape index (κ2) is 8.71. The van der Waals surface area contributed by atoms with Gasteiger partial charge in [0.05, 0.1) is 31.0 Å². The molecule has 1 aliphatic rings. The van der Waals surface area contributed by atoms with Crippen molar-refractivity contribution in [1.82, 2.24) is 14.8 Å². The molecule has 2 heterocycles. The maximum absolute atomic E-state index is 13.5. The molecule has 2 aromatic carbocycles. The van der Waals surface area contributed by atoms with Crippen molar-refractivity contribution >= 4 is 16.8 Å². The number of piperazine rings is 1. The third-order valence-corrected chi connectivity index (χ3v) is 5.74. The van der Waals surface area contributed by atoms with Gasteiger partial charge >= 0.3 is 0 Å². The first-order valence-electron chi connectivity index (χ1n) is 10.3. The van der Waals surface area contributed by atoms with E-state index >= 15 is 0 Å². The third-order valence-electron chi connectivity index (χ3n) is 5.74. The van der Waals surface area contributed by atoms with Gasteiger partial charge in [0.1, 0.15) is 11.5 Å². The molecule has 4 rings (SSSR count). The van der Waals surface area contributed by atoms with Crippen molar-refractivity contribution in [1.29, 1.82) is 0 Å². The number of hydrogen-bond acceptors (Lipinski definition) is 5. The van der Waals surface area contributed by atoms with Crippen molar-refractivity contribution in [2.45, 2.75) is 6.92 Å². The number of pyridine rings is 1. The summed E-state index contributed by atoms with van der Waals surface area (Å²) in [6.07, 6.45) is 0. The SMILES string of the molecule is CCN1CCN(C(=O)c2cc(-c3ccc(OC)cc3OC)nc3ccccc23)CC1. The standard InChI is InChI=1S/C24H27N3O3/c1-4-26-11-13-27(14-12-26)24(28)20-16-22(25-21-8-6-5-7-18(20)21)19-10-9-17(29-2)15-23(19)30-3/h5-10,15-16H,4,11-14H2,1-3H3. The molecule has 156 valence electrons. The van der Waals surface area contributed by atoms with Crippen LogP contribution in [0.3, 0.4) is 0 Å². The largest absolute Gasteiger partial charge is 0.497 e. The molecular formula is C24H27N3O3. The van der Waals surface area contributed by atoms with Crippen LogP contribution in [-0.4, -0.2) is 67.6 Å². The molecule has 1 saturated heterocycles. The molecule has 0 unspecified atom stereocenters. The van der Waals surface area contributed by atoms with E-state index in [0.29, 0.717) is 22.8 Å². The summed E-state index contributed by atoms with van der Waals surface area (Å²) in [6.45, 7) is 6.47. The zero-order valence-electron chi connectivity index (χ0n) is 17.7. The molecule has 6 heteroatoms. The van der Waals surface area contributed by atoms with Gasteiger partial charge in [-0.25, -0.2) is 4.98 Å². The van der Waals surface area contributed by atoms with Gasteiger partial charge in [-0.05, 0) is 30.8 Å². The van der Waals surface area contributed by atoms with Crippen LogP contribution in [0.25, 0.3) is 22.2 Å². The van der Waals surface area contributed by atoms with E-state index < -0.39 is 0 Å². The van der Waals surface area contributed by atoms with E-state index in [1.165, 1.54) is 0 Å². The Morgan fingerprint density at radius 3 is 2.47 bits per heavy atom. The highest BCUT2D eigenvalue weighted by atomic mass is 16.5. The Balaban J connectivity index is 1.78. The molecular weight excluding hydrogens is 378 g/mol. The summed E-state index contributed by atoms with van der Waals surface area (Å²) >= 11 is 0. The molecule has 30 heavy (non-hydrogen) atoms. The number of para-hydroxylation sites is 1. The van der Waals surface area contributed by atoms with Crippen LogP contribution in [0.4, 0.5) is 0 Å². The second-order valence-corrected chi connectivity index (χ2v) is 7.36. The molecule has 0 atom stereocenters. The van der Waals surface area contributed by atoms with E-state index in [1.54, 1.807) is 14.2 Å². The first kappa shape index (κ1) is 20.2. The molecule has 0 bridgehead atoms. The van der Waals surface area contributed by atoms with Crippen molar-refractivity contribution < 1.29 is 14.3 Å². The molecule has 6 nitrogen and oxygen atoms in total. The van der Waals surface area contributed by atoms with Crippen molar-refractivity contribution in [3.8, 4) is 22.8 Å². The van der Waals surface area contributed by atoms with Crippen molar-refractivity contribution in [2.75, 3.05) is 46.9 Å². The second-order valence-electron chi connectivity index (χ2n) is 7.36. The quantitative estimate of drug-likeness (QED) is 0.648. The predicted molar refractivity (Wildman–Crippen MR) is 118 cm³/mol. The molecule has 0 saturated carbocycles. The zero-order valence-corrected chi connectivity index (χ0v) is 17.7. The maximum atomic E-state index is 13.5. The summed E-state index contributed by atoms with van der Waals surface area (Å²) < 4.78 is 10.9. The van der Waals surface area contributed by atoms with E-state index in [4.69, 9.17) is 14.5 Å². The van der Waals surface area contributed by atoms with Gasteiger partial charge in [0.25, 0.3) is 5.91 Å². The van der Waals surface area contributed by atoms with Gasteiger partial charge in [0.2, 0.25) is 0 Å². The Kier molecular flexibility index (Phi) is 5.86. The van der Waals surface area contributed by atoms with Gasteiger partial charge < -0.3 is 19.3 Å². The average molecular weight is 405 g/mol. The van der Waals surface area contributed by atoms with Crippen molar-refractivity contribution in [3.05, 3.63) is 54.1 Å². The van der Waals surface area contributed by atoms with Gasteiger partial charge in [-0.2, -0.15) is 0 Å².